The van der Waals surface area contributed by atoms with Gasteiger partial charge in [-0.2, -0.15) is 0 Å². The number of primary amides is 1. The Morgan fingerprint density at radius 1 is 0.969 bits per heavy atom. The summed E-state index contributed by atoms with van der Waals surface area (Å²) in [5, 5.41) is 0. The number of hydrogen-bond donors (Lipinski definition) is 1. The van der Waals surface area contributed by atoms with Crippen LogP contribution < -0.4 is 5.73 Å². The number of amides is 2. The fraction of sp³-hybridized carbons (Fsp3) is 0.296. The van der Waals surface area contributed by atoms with Crippen LogP contribution in [-0.4, -0.2) is 34.8 Å². The van der Waals surface area contributed by atoms with Crippen molar-refractivity contribution in [2.75, 3.05) is 13.1 Å². The van der Waals surface area contributed by atoms with Crippen LogP contribution in [0.2, 0.25) is 0 Å². The van der Waals surface area contributed by atoms with Gasteiger partial charge in [-0.1, -0.05) is 54.6 Å². The van der Waals surface area contributed by atoms with Crippen molar-refractivity contribution in [3.63, 3.8) is 0 Å². The molecule has 1 aromatic heterocycles. The molecule has 0 unspecified atom stereocenters. The first-order valence-electron chi connectivity index (χ1n) is 11.1. The maximum absolute atomic E-state index is 12.8. The summed E-state index contributed by atoms with van der Waals surface area (Å²) in [5.74, 6) is -0.215. The molecule has 32 heavy (non-hydrogen) atoms. The Kier molecular flexibility index (Phi) is 6.35. The Labute approximate surface area is 189 Å². The molecule has 0 radical (unpaired) electrons. The van der Waals surface area contributed by atoms with E-state index in [1.165, 1.54) is 11.1 Å². The third kappa shape index (κ3) is 4.57. The van der Waals surface area contributed by atoms with Gasteiger partial charge in [0.15, 0.2) is 0 Å². The Hall–Kier alpha value is -3.47. The summed E-state index contributed by atoms with van der Waals surface area (Å²) in [7, 11) is 0. The molecular formula is C27H29N3O2. The molecule has 164 valence electrons. The topological polar surface area (TPSA) is 76.3 Å². The molecule has 0 spiro atoms. The van der Waals surface area contributed by atoms with E-state index in [1.807, 2.05) is 41.3 Å². The predicted octanol–water partition coefficient (Wildman–Crippen LogP) is 3.94. The minimum Gasteiger partial charge on any atom is -0.369 e. The first-order chi connectivity index (χ1) is 15.5. The quantitative estimate of drug-likeness (QED) is 0.647. The molecule has 3 aromatic rings. The number of pyridine rings is 1. The summed E-state index contributed by atoms with van der Waals surface area (Å²) in [4.78, 5) is 31.4. The zero-order valence-corrected chi connectivity index (χ0v) is 18.5. The van der Waals surface area contributed by atoms with Crippen molar-refractivity contribution < 1.29 is 9.59 Å². The van der Waals surface area contributed by atoms with Crippen LogP contribution in [0.25, 0.3) is 11.1 Å². The third-order valence-corrected chi connectivity index (χ3v) is 6.66. The normalized spacial score (nSPS) is 15.3. The van der Waals surface area contributed by atoms with E-state index in [-0.39, 0.29) is 11.8 Å². The van der Waals surface area contributed by atoms with E-state index in [2.05, 4.69) is 36.2 Å². The predicted molar refractivity (Wildman–Crippen MR) is 126 cm³/mol. The van der Waals surface area contributed by atoms with Gasteiger partial charge in [-0.3, -0.25) is 14.6 Å². The number of aromatic nitrogens is 1. The summed E-state index contributed by atoms with van der Waals surface area (Å²) in [5.41, 5.74) is 10.8. The summed E-state index contributed by atoms with van der Waals surface area (Å²) < 4.78 is 0. The highest BCUT2D eigenvalue weighted by molar-refractivity contribution is 5.83. The standard InChI is InChI=1S/C27H29N3O2/c1-20-7-2-4-10-23(20)24-11-5-3-9-22(24)18-27(26(28)32)12-15-30(16-13-27)25(31)17-21-8-6-14-29-19-21/h2-11,14,19H,12-13,15-18H2,1H3,(H2,28,32). The largest absolute Gasteiger partial charge is 0.369 e. The molecule has 5 nitrogen and oxygen atoms in total. The maximum atomic E-state index is 12.8. The zero-order chi connectivity index (χ0) is 22.6. The summed E-state index contributed by atoms with van der Waals surface area (Å²) >= 11 is 0. The second-order valence-electron chi connectivity index (χ2n) is 8.71. The van der Waals surface area contributed by atoms with Crippen molar-refractivity contribution in [2.24, 2.45) is 11.1 Å². The van der Waals surface area contributed by atoms with Gasteiger partial charge >= 0.3 is 0 Å². The maximum Gasteiger partial charge on any atom is 0.227 e. The highest BCUT2D eigenvalue weighted by Crippen LogP contribution is 2.38. The van der Waals surface area contributed by atoms with E-state index in [1.54, 1.807) is 12.4 Å². The molecule has 1 fully saturated rings. The summed E-state index contributed by atoms with van der Waals surface area (Å²) in [6, 6.07) is 20.3. The van der Waals surface area contributed by atoms with Gasteiger partial charge in [0.1, 0.15) is 0 Å². The molecule has 2 amide bonds. The zero-order valence-electron chi connectivity index (χ0n) is 18.5. The smallest absolute Gasteiger partial charge is 0.227 e. The Morgan fingerprint density at radius 2 is 1.66 bits per heavy atom. The van der Waals surface area contributed by atoms with E-state index in [0.29, 0.717) is 38.8 Å². The van der Waals surface area contributed by atoms with Gasteiger partial charge in [-0.25, -0.2) is 0 Å². The summed E-state index contributed by atoms with van der Waals surface area (Å²) in [6.07, 6.45) is 5.47. The van der Waals surface area contributed by atoms with E-state index >= 15 is 0 Å². The second-order valence-corrected chi connectivity index (χ2v) is 8.71. The lowest BCUT2D eigenvalue weighted by Gasteiger charge is -2.40. The van der Waals surface area contributed by atoms with Gasteiger partial charge in [-0.15, -0.1) is 0 Å². The Morgan fingerprint density at radius 3 is 2.31 bits per heavy atom. The van der Waals surface area contributed by atoms with E-state index in [0.717, 1.165) is 16.7 Å². The van der Waals surface area contributed by atoms with Crippen molar-refractivity contribution in [1.29, 1.82) is 0 Å². The minimum atomic E-state index is -0.649. The van der Waals surface area contributed by atoms with Crippen molar-refractivity contribution in [2.45, 2.75) is 32.6 Å². The number of carbonyl (C=O) groups is 2. The number of nitrogens with zero attached hydrogens (tertiary/aromatic N) is 2. The van der Waals surface area contributed by atoms with E-state index in [4.69, 9.17) is 5.73 Å². The number of nitrogens with two attached hydrogens (primary N) is 1. The lowest BCUT2D eigenvalue weighted by molar-refractivity contribution is -0.138. The molecule has 0 atom stereocenters. The number of rotatable bonds is 6. The highest BCUT2D eigenvalue weighted by Gasteiger charge is 2.41. The van der Waals surface area contributed by atoms with Gasteiger partial charge in [0.05, 0.1) is 11.8 Å². The summed E-state index contributed by atoms with van der Waals surface area (Å²) in [6.45, 7) is 3.17. The van der Waals surface area contributed by atoms with Crippen molar-refractivity contribution >= 4 is 11.8 Å². The van der Waals surface area contributed by atoms with Crippen LogP contribution in [0, 0.1) is 12.3 Å². The van der Waals surface area contributed by atoms with Crippen LogP contribution in [0.1, 0.15) is 29.5 Å². The number of likely N-dealkylation sites (tertiary alicyclic amines) is 1. The molecule has 2 N–H and O–H groups in total. The highest BCUT2D eigenvalue weighted by atomic mass is 16.2. The lowest BCUT2D eigenvalue weighted by atomic mass is 9.72. The fourth-order valence-corrected chi connectivity index (χ4v) is 4.66. The van der Waals surface area contributed by atoms with Crippen LogP contribution in [0.5, 0.6) is 0 Å². The fourth-order valence-electron chi connectivity index (χ4n) is 4.66. The first-order valence-corrected chi connectivity index (χ1v) is 11.1. The van der Waals surface area contributed by atoms with Crippen LogP contribution in [0.15, 0.2) is 73.1 Å². The SMILES string of the molecule is Cc1ccccc1-c1ccccc1CC1(C(N)=O)CCN(C(=O)Cc2cccnc2)CC1. The Bertz CT molecular complexity index is 1100. The number of carbonyl (C=O) groups excluding carboxylic acids is 2. The Balaban J connectivity index is 1.52. The second kappa shape index (κ2) is 9.35. The van der Waals surface area contributed by atoms with Gasteiger partial charge < -0.3 is 10.6 Å². The van der Waals surface area contributed by atoms with E-state index < -0.39 is 5.41 Å². The molecule has 0 saturated carbocycles. The third-order valence-electron chi connectivity index (χ3n) is 6.66. The number of aryl methyl sites for hydroxylation is 1. The van der Waals surface area contributed by atoms with Crippen LogP contribution in [0.4, 0.5) is 0 Å². The number of hydrogen-bond acceptors (Lipinski definition) is 3. The molecule has 1 saturated heterocycles. The molecule has 1 aliphatic heterocycles. The molecule has 2 aromatic carbocycles. The van der Waals surface area contributed by atoms with Gasteiger partial charge in [0.2, 0.25) is 11.8 Å². The number of benzene rings is 2. The molecule has 0 bridgehead atoms. The van der Waals surface area contributed by atoms with Crippen molar-refractivity contribution in [3.8, 4) is 11.1 Å². The molecule has 1 aliphatic rings. The van der Waals surface area contributed by atoms with E-state index in [9.17, 15) is 9.59 Å². The molecule has 2 heterocycles. The number of piperidine rings is 1. The molecular weight excluding hydrogens is 398 g/mol. The van der Waals surface area contributed by atoms with Crippen molar-refractivity contribution in [1.82, 2.24) is 9.88 Å². The average Bonchev–Trinajstić information content (AvgIpc) is 2.81. The van der Waals surface area contributed by atoms with Crippen molar-refractivity contribution in [3.05, 3.63) is 89.7 Å². The van der Waals surface area contributed by atoms with Crippen LogP contribution >= 0.6 is 0 Å². The average molecular weight is 428 g/mol. The van der Waals surface area contributed by atoms with Gasteiger partial charge in [0, 0.05) is 25.5 Å². The first kappa shape index (κ1) is 21.8. The van der Waals surface area contributed by atoms with Crippen LogP contribution in [-0.2, 0) is 22.4 Å². The van der Waals surface area contributed by atoms with Gasteiger partial charge in [0.25, 0.3) is 0 Å². The molecule has 0 aliphatic carbocycles. The lowest BCUT2D eigenvalue weighted by Crippen LogP contribution is -2.50. The monoisotopic (exact) mass is 427 g/mol. The molecule has 5 heteroatoms. The van der Waals surface area contributed by atoms with Gasteiger partial charge in [-0.05, 0) is 60.1 Å². The minimum absolute atomic E-state index is 0.0661. The van der Waals surface area contributed by atoms with Crippen LogP contribution in [0.3, 0.4) is 0 Å². The molecule has 4 rings (SSSR count).